The lowest BCUT2D eigenvalue weighted by Crippen LogP contribution is -2.28. The van der Waals surface area contributed by atoms with Gasteiger partial charge in [-0.25, -0.2) is 0 Å². The molecule has 3 amide bonds. The van der Waals surface area contributed by atoms with Crippen LogP contribution in [0.2, 0.25) is 0 Å². The van der Waals surface area contributed by atoms with Gasteiger partial charge in [-0.3, -0.25) is 14.4 Å². The highest BCUT2D eigenvalue weighted by Crippen LogP contribution is 2.22. The zero-order valence-electron chi connectivity index (χ0n) is 14.5. The van der Waals surface area contributed by atoms with Crippen molar-refractivity contribution in [3.05, 3.63) is 54.0 Å². The van der Waals surface area contributed by atoms with Crippen molar-refractivity contribution in [2.75, 3.05) is 18.4 Å². The van der Waals surface area contributed by atoms with Gasteiger partial charge in [0.25, 0.3) is 5.91 Å². The fourth-order valence-electron chi connectivity index (χ4n) is 2.94. The zero-order valence-corrected chi connectivity index (χ0v) is 14.5. The molecule has 1 aliphatic rings. The maximum Gasteiger partial charge on any atom is 0.251 e. The van der Waals surface area contributed by atoms with Crippen molar-refractivity contribution in [3.8, 4) is 0 Å². The number of furan rings is 1. The van der Waals surface area contributed by atoms with Crippen LogP contribution in [-0.4, -0.2) is 35.7 Å². The Balaban J connectivity index is 1.61. The van der Waals surface area contributed by atoms with Crippen molar-refractivity contribution in [1.82, 2.24) is 10.2 Å². The van der Waals surface area contributed by atoms with Gasteiger partial charge in [0.2, 0.25) is 11.8 Å². The van der Waals surface area contributed by atoms with E-state index < -0.39 is 5.92 Å². The van der Waals surface area contributed by atoms with Crippen LogP contribution in [0.3, 0.4) is 0 Å². The van der Waals surface area contributed by atoms with Gasteiger partial charge < -0.3 is 20.0 Å². The Kier molecular flexibility index (Phi) is 5.36. The molecule has 26 heavy (non-hydrogen) atoms. The van der Waals surface area contributed by atoms with Gasteiger partial charge in [0.05, 0.1) is 18.7 Å². The van der Waals surface area contributed by atoms with E-state index in [0.717, 1.165) is 0 Å². The van der Waals surface area contributed by atoms with E-state index in [-0.39, 0.29) is 24.1 Å². The Morgan fingerprint density at radius 2 is 2.12 bits per heavy atom. The first-order valence-corrected chi connectivity index (χ1v) is 8.56. The number of hydrogen-bond acceptors (Lipinski definition) is 4. The molecule has 0 bridgehead atoms. The van der Waals surface area contributed by atoms with Gasteiger partial charge in [-0.1, -0.05) is 6.07 Å². The Labute approximate surface area is 151 Å². The molecule has 7 nitrogen and oxygen atoms in total. The minimum atomic E-state index is -0.425. The zero-order chi connectivity index (χ0) is 18.5. The molecule has 1 aromatic carbocycles. The third-order valence-electron chi connectivity index (χ3n) is 4.24. The summed E-state index contributed by atoms with van der Waals surface area (Å²) in [5.41, 5.74) is 1.02. The first kappa shape index (κ1) is 17.7. The highest BCUT2D eigenvalue weighted by Gasteiger charge is 2.34. The molecule has 1 aromatic heterocycles. The van der Waals surface area contributed by atoms with E-state index in [1.54, 1.807) is 47.6 Å². The van der Waals surface area contributed by atoms with Crippen LogP contribution in [0.4, 0.5) is 5.69 Å². The molecule has 1 fully saturated rings. The molecule has 2 N–H and O–H groups in total. The summed E-state index contributed by atoms with van der Waals surface area (Å²) in [6.45, 7) is 3.09. The highest BCUT2D eigenvalue weighted by atomic mass is 16.3. The number of nitrogens with one attached hydrogen (secondary N) is 2. The van der Waals surface area contributed by atoms with Gasteiger partial charge in [-0.15, -0.1) is 0 Å². The Morgan fingerprint density at radius 1 is 1.27 bits per heavy atom. The summed E-state index contributed by atoms with van der Waals surface area (Å²) in [5.74, 6) is -0.227. The normalized spacial score (nSPS) is 16.6. The summed E-state index contributed by atoms with van der Waals surface area (Å²) in [6.07, 6.45) is 1.73. The van der Waals surface area contributed by atoms with Crippen molar-refractivity contribution < 1.29 is 18.8 Å². The average molecular weight is 355 g/mol. The summed E-state index contributed by atoms with van der Waals surface area (Å²) in [5, 5.41) is 5.52. The minimum absolute atomic E-state index is 0.0716. The summed E-state index contributed by atoms with van der Waals surface area (Å²) < 4.78 is 5.26. The topological polar surface area (TPSA) is 91.7 Å². The number of amides is 3. The summed E-state index contributed by atoms with van der Waals surface area (Å²) in [6, 6.07) is 10.3. The number of rotatable bonds is 6. The van der Waals surface area contributed by atoms with E-state index in [1.165, 1.54) is 0 Å². The van der Waals surface area contributed by atoms with Crippen LogP contribution in [0.15, 0.2) is 47.1 Å². The fraction of sp³-hybridized carbons (Fsp3) is 0.316. The molecular formula is C19H21N3O4. The van der Waals surface area contributed by atoms with Gasteiger partial charge >= 0.3 is 0 Å². The van der Waals surface area contributed by atoms with Gasteiger partial charge in [-0.05, 0) is 37.3 Å². The molecular weight excluding hydrogens is 334 g/mol. The summed E-state index contributed by atoms with van der Waals surface area (Å²) >= 11 is 0. The molecule has 1 atom stereocenters. The predicted octanol–water partition coefficient (Wildman–Crippen LogP) is 2.02. The van der Waals surface area contributed by atoms with Crippen LogP contribution in [0, 0.1) is 5.92 Å². The first-order chi connectivity index (χ1) is 12.6. The largest absolute Gasteiger partial charge is 0.467 e. The molecule has 0 aliphatic carbocycles. The van der Waals surface area contributed by atoms with Crippen LogP contribution in [0.1, 0.15) is 29.5 Å². The lowest BCUT2D eigenvalue weighted by Gasteiger charge is -2.15. The molecule has 1 saturated heterocycles. The molecule has 0 spiro atoms. The van der Waals surface area contributed by atoms with E-state index in [0.29, 0.717) is 36.6 Å². The molecule has 1 aliphatic heterocycles. The molecule has 2 heterocycles. The van der Waals surface area contributed by atoms with Crippen LogP contribution in [0.5, 0.6) is 0 Å². The second-order valence-electron chi connectivity index (χ2n) is 6.18. The highest BCUT2D eigenvalue weighted by molar-refractivity contribution is 5.99. The lowest BCUT2D eigenvalue weighted by molar-refractivity contribution is -0.128. The molecule has 2 aromatic rings. The summed E-state index contributed by atoms with van der Waals surface area (Å²) in [4.78, 5) is 38.1. The minimum Gasteiger partial charge on any atom is -0.467 e. The molecule has 136 valence electrons. The second-order valence-corrected chi connectivity index (χ2v) is 6.18. The lowest BCUT2D eigenvalue weighted by atomic mass is 10.1. The Morgan fingerprint density at radius 3 is 2.85 bits per heavy atom. The second kappa shape index (κ2) is 7.86. The first-order valence-electron chi connectivity index (χ1n) is 8.56. The maximum atomic E-state index is 12.5. The SMILES string of the molecule is CCNC(=O)c1cccc(NC(=O)C2CC(=O)N(Cc3ccco3)C2)c1. The Hall–Kier alpha value is -3.09. The van der Waals surface area contributed by atoms with Crippen molar-refractivity contribution in [2.24, 2.45) is 5.92 Å². The third kappa shape index (κ3) is 4.11. The smallest absolute Gasteiger partial charge is 0.251 e. The van der Waals surface area contributed by atoms with E-state index >= 15 is 0 Å². The quantitative estimate of drug-likeness (QED) is 0.829. The fourth-order valence-corrected chi connectivity index (χ4v) is 2.94. The molecule has 7 heteroatoms. The van der Waals surface area contributed by atoms with E-state index in [4.69, 9.17) is 4.42 Å². The number of carbonyl (C=O) groups excluding carboxylic acids is 3. The Bertz CT molecular complexity index is 801. The maximum absolute atomic E-state index is 12.5. The number of nitrogens with zero attached hydrogens (tertiary/aromatic N) is 1. The average Bonchev–Trinajstić information content (AvgIpc) is 3.26. The molecule has 0 radical (unpaired) electrons. The van der Waals surface area contributed by atoms with Crippen molar-refractivity contribution >= 4 is 23.4 Å². The number of anilines is 1. The number of benzene rings is 1. The summed E-state index contributed by atoms with van der Waals surface area (Å²) in [7, 11) is 0. The predicted molar refractivity (Wildman–Crippen MR) is 95.3 cm³/mol. The molecule has 0 saturated carbocycles. The van der Waals surface area contributed by atoms with E-state index in [9.17, 15) is 14.4 Å². The van der Waals surface area contributed by atoms with Crippen LogP contribution >= 0.6 is 0 Å². The van der Waals surface area contributed by atoms with Crippen LogP contribution in [-0.2, 0) is 16.1 Å². The number of hydrogen-bond donors (Lipinski definition) is 2. The van der Waals surface area contributed by atoms with Crippen molar-refractivity contribution in [3.63, 3.8) is 0 Å². The van der Waals surface area contributed by atoms with Crippen molar-refractivity contribution in [1.29, 1.82) is 0 Å². The number of likely N-dealkylation sites (tertiary alicyclic amines) is 1. The van der Waals surface area contributed by atoms with Crippen LogP contribution < -0.4 is 10.6 Å². The monoisotopic (exact) mass is 355 g/mol. The van der Waals surface area contributed by atoms with Crippen molar-refractivity contribution in [2.45, 2.75) is 19.9 Å². The van der Waals surface area contributed by atoms with E-state index in [1.807, 2.05) is 6.92 Å². The van der Waals surface area contributed by atoms with Crippen LogP contribution in [0.25, 0.3) is 0 Å². The molecule has 3 rings (SSSR count). The third-order valence-corrected chi connectivity index (χ3v) is 4.24. The van der Waals surface area contributed by atoms with Gasteiger partial charge in [0.15, 0.2) is 0 Å². The standard InChI is InChI=1S/C19H21N3O4/c1-2-20-18(24)13-5-3-6-15(9-13)21-19(25)14-10-17(23)22(11-14)12-16-7-4-8-26-16/h3-9,14H,2,10-12H2,1H3,(H,20,24)(H,21,25). The van der Waals surface area contributed by atoms with Gasteiger partial charge in [0.1, 0.15) is 5.76 Å². The number of carbonyl (C=O) groups is 3. The van der Waals surface area contributed by atoms with Gasteiger partial charge in [-0.2, -0.15) is 0 Å². The molecule has 1 unspecified atom stereocenters. The van der Waals surface area contributed by atoms with E-state index in [2.05, 4.69) is 10.6 Å². The van der Waals surface area contributed by atoms with Gasteiger partial charge in [0, 0.05) is 30.8 Å².